The monoisotopic (exact) mass is 361 g/mol. The van der Waals surface area contributed by atoms with Crippen molar-refractivity contribution in [3.8, 4) is 0 Å². The van der Waals surface area contributed by atoms with Crippen LogP contribution in [-0.2, 0) is 13.3 Å². The molecular weight excluding hydrogens is 322 g/mol. The van der Waals surface area contributed by atoms with Crippen LogP contribution in [0.3, 0.4) is 0 Å². The maximum Gasteiger partial charge on any atom is 0.334 e. The van der Waals surface area contributed by atoms with E-state index < -0.39 is 17.0 Å². The van der Waals surface area contributed by atoms with Gasteiger partial charge in [0, 0.05) is 19.8 Å². The smallest absolute Gasteiger partial charge is 0.334 e. The highest BCUT2D eigenvalue weighted by molar-refractivity contribution is 6.70. The molecule has 0 aromatic rings. The summed E-state index contributed by atoms with van der Waals surface area (Å²) in [6.07, 6.45) is 6.48. The van der Waals surface area contributed by atoms with E-state index in [0.29, 0.717) is 0 Å². The molecule has 0 aromatic carbocycles. The Morgan fingerprint density at radius 1 is 0.957 bits per heavy atom. The lowest BCUT2D eigenvalue weighted by Crippen LogP contribution is -2.49. The predicted molar refractivity (Wildman–Crippen MR) is 102 cm³/mol. The molecule has 1 heterocycles. The van der Waals surface area contributed by atoms with E-state index in [1.807, 2.05) is 0 Å². The van der Waals surface area contributed by atoms with Gasteiger partial charge in [0.05, 0.1) is 0 Å². The highest BCUT2D eigenvalue weighted by atomic mass is 28.4. The van der Waals surface area contributed by atoms with Crippen molar-refractivity contribution in [2.75, 3.05) is 32.9 Å². The molecule has 0 N–H and O–H groups in total. The van der Waals surface area contributed by atoms with Gasteiger partial charge in [-0.05, 0) is 71.9 Å². The Labute approximate surface area is 146 Å². The maximum absolute atomic E-state index is 6.12. The molecule has 0 aromatic heterocycles. The standard InChI is InChI=1S/C17H39NO3Si2/c1-6-19-22(4)16-13-15-18(22)14-11-9-10-12-17-23(5,20-7-2)21-8-3/h6-17H2,1-5H3. The van der Waals surface area contributed by atoms with Crippen molar-refractivity contribution in [1.82, 2.24) is 4.57 Å². The third kappa shape index (κ3) is 7.36. The summed E-state index contributed by atoms with van der Waals surface area (Å²) in [5, 5.41) is 0. The zero-order chi connectivity index (χ0) is 17.2. The first-order valence-corrected chi connectivity index (χ1v) is 14.7. The van der Waals surface area contributed by atoms with Gasteiger partial charge < -0.3 is 17.8 Å². The summed E-state index contributed by atoms with van der Waals surface area (Å²) in [5.41, 5.74) is 0. The summed E-state index contributed by atoms with van der Waals surface area (Å²) in [6.45, 7) is 15.8. The van der Waals surface area contributed by atoms with Crippen molar-refractivity contribution < 1.29 is 13.3 Å². The average molecular weight is 362 g/mol. The van der Waals surface area contributed by atoms with Gasteiger partial charge in [-0.15, -0.1) is 0 Å². The van der Waals surface area contributed by atoms with E-state index in [2.05, 4.69) is 38.4 Å². The Balaban J connectivity index is 2.17. The average Bonchev–Trinajstić information content (AvgIpc) is 2.84. The molecule has 1 aliphatic heterocycles. The second-order valence-electron chi connectivity index (χ2n) is 6.86. The van der Waals surface area contributed by atoms with Crippen LogP contribution in [-0.4, -0.2) is 54.5 Å². The van der Waals surface area contributed by atoms with Crippen molar-refractivity contribution in [2.24, 2.45) is 0 Å². The SMILES string of the molecule is CCO[Si](C)(CCCCCCN1CCC[Si]1(C)OCC)OCC. The molecule has 1 unspecified atom stereocenters. The minimum Gasteiger partial charge on any atom is -0.403 e. The molecule has 1 aliphatic rings. The fourth-order valence-corrected chi connectivity index (χ4v) is 9.54. The van der Waals surface area contributed by atoms with Crippen LogP contribution in [0.2, 0.25) is 25.2 Å². The zero-order valence-electron chi connectivity index (χ0n) is 16.2. The van der Waals surface area contributed by atoms with Crippen LogP contribution in [0, 0.1) is 0 Å². The normalized spacial score (nSPS) is 22.8. The minimum atomic E-state index is -1.89. The van der Waals surface area contributed by atoms with E-state index in [9.17, 15) is 0 Å². The molecule has 0 amide bonds. The Morgan fingerprint density at radius 3 is 2.22 bits per heavy atom. The molecule has 138 valence electrons. The largest absolute Gasteiger partial charge is 0.403 e. The summed E-state index contributed by atoms with van der Waals surface area (Å²) in [7, 11) is -3.43. The molecule has 6 heteroatoms. The maximum atomic E-state index is 6.12. The summed E-state index contributed by atoms with van der Waals surface area (Å²) < 4.78 is 20.6. The fraction of sp³-hybridized carbons (Fsp3) is 1.00. The van der Waals surface area contributed by atoms with Gasteiger partial charge in [-0.2, -0.15) is 0 Å². The van der Waals surface area contributed by atoms with E-state index in [0.717, 1.165) is 25.9 Å². The molecule has 23 heavy (non-hydrogen) atoms. The van der Waals surface area contributed by atoms with Crippen LogP contribution in [0.15, 0.2) is 0 Å². The van der Waals surface area contributed by atoms with Crippen molar-refractivity contribution in [3.05, 3.63) is 0 Å². The van der Waals surface area contributed by atoms with Gasteiger partial charge in [0.2, 0.25) is 0 Å². The quantitative estimate of drug-likeness (QED) is 0.357. The van der Waals surface area contributed by atoms with Crippen molar-refractivity contribution in [2.45, 2.75) is 78.1 Å². The van der Waals surface area contributed by atoms with Crippen molar-refractivity contribution in [3.63, 3.8) is 0 Å². The van der Waals surface area contributed by atoms with E-state index in [4.69, 9.17) is 13.3 Å². The summed E-state index contributed by atoms with van der Waals surface area (Å²) in [6, 6.07) is 2.44. The van der Waals surface area contributed by atoms with Gasteiger partial charge >= 0.3 is 8.56 Å². The van der Waals surface area contributed by atoms with Gasteiger partial charge in [0.15, 0.2) is 0 Å². The van der Waals surface area contributed by atoms with Crippen LogP contribution in [0.4, 0.5) is 0 Å². The highest BCUT2D eigenvalue weighted by Gasteiger charge is 2.40. The molecular formula is C17H39NO3Si2. The molecule has 4 nitrogen and oxygen atoms in total. The lowest BCUT2D eigenvalue weighted by Gasteiger charge is -2.32. The van der Waals surface area contributed by atoms with Crippen molar-refractivity contribution in [1.29, 1.82) is 0 Å². The van der Waals surface area contributed by atoms with E-state index in [1.165, 1.54) is 51.2 Å². The molecule has 1 fully saturated rings. The zero-order valence-corrected chi connectivity index (χ0v) is 18.2. The first kappa shape index (κ1) is 21.3. The molecule has 0 saturated carbocycles. The van der Waals surface area contributed by atoms with Crippen LogP contribution in [0.1, 0.15) is 52.9 Å². The van der Waals surface area contributed by atoms with Crippen LogP contribution >= 0.6 is 0 Å². The molecule has 1 rings (SSSR count). The van der Waals surface area contributed by atoms with Crippen LogP contribution in [0.5, 0.6) is 0 Å². The number of unbranched alkanes of at least 4 members (excludes halogenated alkanes) is 3. The Hall–Kier alpha value is 0.274. The van der Waals surface area contributed by atoms with Crippen molar-refractivity contribution >= 4 is 17.0 Å². The lowest BCUT2D eigenvalue weighted by molar-refractivity contribution is 0.188. The van der Waals surface area contributed by atoms with E-state index >= 15 is 0 Å². The van der Waals surface area contributed by atoms with E-state index in [1.54, 1.807) is 0 Å². The molecule has 0 aliphatic carbocycles. The first-order chi connectivity index (χ1) is 11.0. The fourth-order valence-electron chi connectivity index (χ4n) is 3.71. The number of rotatable bonds is 13. The van der Waals surface area contributed by atoms with Gasteiger partial charge in [-0.25, -0.2) is 0 Å². The third-order valence-electron chi connectivity index (χ3n) is 4.90. The molecule has 1 atom stereocenters. The number of nitrogens with zero attached hydrogens (tertiary/aromatic N) is 1. The molecule has 0 radical (unpaired) electrons. The topological polar surface area (TPSA) is 30.9 Å². The number of hydrogen-bond acceptors (Lipinski definition) is 4. The minimum absolute atomic E-state index is 0.776. The van der Waals surface area contributed by atoms with Crippen LogP contribution < -0.4 is 0 Å². The Bertz CT molecular complexity index is 314. The first-order valence-electron chi connectivity index (χ1n) is 9.66. The highest BCUT2D eigenvalue weighted by Crippen LogP contribution is 2.27. The summed E-state index contributed by atoms with van der Waals surface area (Å²) >= 11 is 0. The Kier molecular flexibility index (Phi) is 10.2. The van der Waals surface area contributed by atoms with Gasteiger partial charge in [-0.1, -0.05) is 19.3 Å². The van der Waals surface area contributed by atoms with Gasteiger partial charge in [0.25, 0.3) is 8.48 Å². The summed E-state index contributed by atoms with van der Waals surface area (Å²) in [5.74, 6) is 0. The summed E-state index contributed by atoms with van der Waals surface area (Å²) in [4.78, 5) is 0. The number of hydrogen-bond donors (Lipinski definition) is 0. The second kappa shape index (κ2) is 11.0. The molecule has 0 spiro atoms. The third-order valence-corrected chi connectivity index (χ3v) is 11.9. The van der Waals surface area contributed by atoms with Gasteiger partial charge in [-0.3, -0.25) is 0 Å². The van der Waals surface area contributed by atoms with E-state index in [-0.39, 0.29) is 0 Å². The molecule has 0 bridgehead atoms. The lowest BCUT2D eigenvalue weighted by atomic mass is 10.2. The van der Waals surface area contributed by atoms with Crippen LogP contribution in [0.25, 0.3) is 0 Å². The predicted octanol–water partition coefficient (Wildman–Crippen LogP) is 4.51. The molecule has 1 saturated heterocycles. The van der Waals surface area contributed by atoms with Gasteiger partial charge in [0.1, 0.15) is 0 Å². The Morgan fingerprint density at radius 2 is 1.61 bits per heavy atom. The second-order valence-corrected chi connectivity index (χ2v) is 14.0.